The van der Waals surface area contributed by atoms with Gasteiger partial charge in [0.25, 0.3) is 0 Å². The highest BCUT2D eigenvalue weighted by Crippen LogP contribution is 2.57. The lowest BCUT2D eigenvalue weighted by Gasteiger charge is -2.34. The summed E-state index contributed by atoms with van der Waals surface area (Å²) in [5.41, 5.74) is 14.0. The van der Waals surface area contributed by atoms with Gasteiger partial charge in [-0.1, -0.05) is 176 Å². The monoisotopic (exact) mass is 699 g/mol. The topological polar surface area (TPSA) is 38.7 Å². The van der Waals surface area contributed by atoms with Crippen molar-refractivity contribution in [2.75, 3.05) is 0 Å². The largest absolute Gasteiger partial charge is 0.247 e. The molecule has 10 aromatic rings. The van der Waals surface area contributed by atoms with E-state index in [0.29, 0.717) is 0 Å². The van der Waals surface area contributed by atoms with Crippen molar-refractivity contribution >= 4 is 32.6 Å². The van der Waals surface area contributed by atoms with Gasteiger partial charge in [-0.15, -0.1) is 0 Å². The normalized spacial score (nSPS) is 12.9. The maximum atomic E-state index is 5.39. The maximum absolute atomic E-state index is 5.39. The average Bonchev–Trinajstić information content (AvgIpc) is 3.56. The third kappa shape index (κ3) is 4.80. The number of hydrogen-bond acceptors (Lipinski definition) is 3. The van der Waals surface area contributed by atoms with Gasteiger partial charge < -0.3 is 0 Å². The van der Waals surface area contributed by atoms with E-state index < -0.39 is 5.41 Å². The number of aromatic nitrogens is 3. The lowest BCUT2D eigenvalue weighted by Crippen LogP contribution is -2.28. The molecule has 1 aliphatic rings. The van der Waals surface area contributed by atoms with Gasteiger partial charge in [-0.3, -0.25) is 0 Å². The first-order valence-electron chi connectivity index (χ1n) is 18.8. The molecule has 256 valence electrons. The number of para-hydroxylation sites is 2. The van der Waals surface area contributed by atoms with Crippen molar-refractivity contribution in [2.45, 2.75) is 5.41 Å². The molecule has 0 N–H and O–H groups in total. The Morgan fingerprint density at radius 2 is 0.836 bits per heavy atom. The van der Waals surface area contributed by atoms with Gasteiger partial charge in [0.15, 0.2) is 5.82 Å². The molecule has 0 amide bonds. The highest BCUT2D eigenvalue weighted by molar-refractivity contribution is 6.13. The van der Waals surface area contributed by atoms with Gasteiger partial charge >= 0.3 is 0 Å². The van der Waals surface area contributed by atoms with Crippen LogP contribution in [0.25, 0.3) is 77.6 Å². The second kappa shape index (κ2) is 12.4. The van der Waals surface area contributed by atoms with Gasteiger partial charge in [0, 0.05) is 32.8 Å². The molecule has 3 nitrogen and oxygen atoms in total. The molecule has 2 aromatic heterocycles. The van der Waals surface area contributed by atoms with Crippen molar-refractivity contribution in [2.24, 2.45) is 0 Å². The van der Waals surface area contributed by atoms with Crippen LogP contribution in [-0.2, 0) is 5.41 Å². The molecule has 1 aliphatic carbocycles. The summed E-state index contributed by atoms with van der Waals surface area (Å²) < 4.78 is 0. The zero-order chi connectivity index (χ0) is 36.3. The van der Waals surface area contributed by atoms with E-state index in [1.807, 2.05) is 24.3 Å². The van der Waals surface area contributed by atoms with E-state index in [1.165, 1.54) is 38.8 Å². The Morgan fingerprint density at radius 3 is 1.51 bits per heavy atom. The average molecular weight is 700 g/mol. The molecule has 11 rings (SSSR count). The summed E-state index contributed by atoms with van der Waals surface area (Å²) in [4.78, 5) is 15.5. The Balaban J connectivity index is 1.14. The van der Waals surface area contributed by atoms with Gasteiger partial charge in [0.1, 0.15) is 0 Å². The van der Waals surface area contributed by atoms with Crippen molar-refractivity contribution in [1.29, 1.82) is 0 Å². The zero-order valence-corrected chi connectivity index (χ0v) is 29.9. The summed E-state index contributed by atoms with van der Waals surface area (Å²) in [6.45, 7) is 0. The van der Waals surface area contributed by atoms with Gasteiger partial charge in [0.05, 0.1) is 27.8 Å². The first-order valence-corrected chi connectivity index (χ1v) is 18.8. The number of hydrogen-bond donors (Lipinski definition) is 0. The number of rotatable bonds is 5. The summed E-state index contributed by atoms with van der Waals surface area (Å²) in [5, 5.41) is 4.50. The molecule has 55 heavy (non-hydrogen) atoms. The summed E-state index contributed by atoms with van der Waals surface area (Å²) in [6, 6.07) is 71.6. The minimum absolute atomic E-state index is 0.478. The lowest BCUT2D eigenvalue weighted by molar-refractivity contribution is 0.769. The lowest BCUT2D eigenvalue weighted by atomic mass is 9.67. The van der Waals surface area contributed by atoms with Gasteiger partial charge in [0.2, 0.25) is 0 Å². The fourth-order valence-electron chi connectivity index (χ4n) is 8.91. The van der Waals surface area contributed by atoms with Crippen molar-refractivity contribution in [1.82, 2.24) is 15.0 Å². The van der Waals surface area contributed by atoms with E-state index in [9.17, 15) is 0 Å². The van der Waals surface area contributed by atoms with Crippen LogP contribution in [-0.4, -0.2) is 15.0 Å². The Kier molecular flexibility index (Phi) is 7.08. The first-order chi connectivity index (χ1) is 27.3. The van der Waals surface area contributed by atoms with Gasteiger partial charge in [-0.2, -0.15) is 0 Å². The summed E-state index contributed by atoms with van der Waals surface area (Å²) in [6.07, 6.45) is 0. The molecule has 0 atom stereocenters. The molecule has 0 radical (unpaired) electrons. The molecule has 0 spiro atoms. The van der Waals surface area contributed by atoms with Crippen molar-refractivity contribution in [3.63, 3.8) is 0 Å². The predicted molar refractivity (Wildman–Crippen MR) is 226 cm³/mol. The Bertz CT molecular complexity index is 3030. The maximum Gasteiger partial charge on any atom is 0.160 e. The molecule has 0 saturated carbocycles. The highest BCUT2D eigenvalue weighted by Gasteiger charge is 2.46. The van der Waals surface area contributed by atoms with Crippen LogP contribution in [0.2, 0.25) is 0 Å². The second-order valence-electron chi connectivity index (χ2n) is 14.3. The number of nitrogens with zero attached hydrogens (tertiary/aromatic N) is 3. The van der Waals surface area contributed by atoms with Crippen LogP contribution < -0.4 is 0 Å². The molecule has 0 fully saturated rings. The van der Waals surface area contributed by atoms with Gasteiger partial charge in [-0.05, 0) is 63.0 Å². The molecule has 0 aliphatic heterocycles. The van der Waals surface area contributed by atoms with Crippen LogP contribution in [0.4, 0.5) is 0 Å². The Hall–Kier alpha value is -7.23. The minimum Gasteiger partial charge on any atom is -0.247 e. The third-order valence-electron chi connectivity index (χ3n) is 11.3. The standard InChI is InChI=1S/C52H33N3/c1-4-16-36(17-5-1)51-54-48-27-15-12-24-41(48)49(55-51)34-28-30-35(31-29-34)50-44-32-43-39-22-10-13-25-45(39)52(37-18-6-2-7-19-37,38-20-8-3-9-21-38)46(43)33-42(44)40-23-11-14-26-47(40)53-50/h1-33H. The molecule has 2 heterocycles. The molecule has 0 saturated heterocycles. The number of fused-ring (bicyclic) bond motifs is 7. The Labute approximate surface area is 319 Å². The van der Waals surface area contributed by atoms with Crippen LogP contribution in [0.15, 0.2) is 200 Å². The van der Waals surface area contributed by atoms with Crippen molar-refractivity contribution in [3.05, 3.63) is 222 Å². The van der Waals surface area contributed by atoms with E-state index in [-0.39, 0.29) is 0 Å². The van der Waals surface area contributed by atoms with E-state index in [1.54, 1.807) is 0 Å². The summed E-state index contributed by atoms with van der Waals surface area (Å²) in [7, 11) is 0. The second-order valence-corrected chi connectivity index (χ2v) is 14.3. The molecule has 0 bridgehead atoms. The zero-order valence-electron chi connectivity index (χ0n) is 29.9. The van der Waals surface area contributed by atoms with Crippen LogP contribution in [0.3, 0.4) is 0 Å². The van der Waals surface area contributed by atoms with Crippen LogP contribution in [0, 0.1) is 0 Å². The fourth-order valence-corrected chi connectivity index (χ4v) is 8.91. The molecular weight excluding hydrogens is 667 g/mol. The molecule has 3 heteroatoms. The van der Waals surface area contributed by atoms with Crippen LogP contribution in [0.5, 0.6) is 0 Å². The fraction of sp³-hybridized carbons (Fsp3) is 0.0192. The first kappa shape index (κ1) is 31.3. The van der Waals surface area contributed by atoms with Crippen LogP contribution in [0.1, 0.15) is 22.3 Å². The van der Waals surface area contributed by atoms with Crippen molar-refractivity contribution < 1.29 is 0 Å². The summed E-state index contributed by atoms with van der Waals surface area (Å²) >= 11 is 0. The summed E-state index contributed by atoms with van der Waals surface area (Å²) in [5.74, 6) is 0.719. The Morgan fingerprint density at radius 1 is 0.309 bits per heavy atom. The predicted octanol–water partition coefficient (Wildman–Crippen LogP) is 12.7. The molecular formula is C52H33N3. The SMILES string of the molecule is c1ccc(-c2nc(-c3ccc(-c4nc5ccccc5c5cc6c(cc45)-c4ccccc4C6(c4ccccc4)c4ccccc4)cc3)c3ccccc3n2)cc1. The quantitative estimate of drug-likeness (QED) is 0.168. The third-order valence-corrected chi connectivity index (χ3v) is 11.3. The minimum atomic E-state index is -0.478. The van der Waals surface area contributed by atoms with E-state index >= 15 is 0 Å². The molecule has 0 unspecified atom stereocenters. The van der Waals surface area contributed by atoms with Gasteiger partial charge in [-0.25, -0.2) is 15.0 Å². The number of pyridine rings is 1. The smallest absolute Gasteiger partial charge is 0.160 e. The van der Waals surface area contributed by atoms with Crippen LogP contribution >= 0.6 is 0 Å². The van der Waals surface area contributed by atoms with E-state index in [2.05, 4.69) is 176 Å². The van der Waals surface area contributed by atoms with Crippen molar-refractivity contribution in [3.8, 4) is 45.0 Å². The van der Waals surface area contributed by atoms with E-state index in [4.69, 9.17) is 15.0 Å². The number of benzene rings is 8. The van der Waals surface area contributed by atoms with E-state index in [0.717, 1.165) is 61.1 Å². The highest BCUT2D eigenvalue weighted by atomic mass is 14.9. The molecule has 8 aromatic carbocycles.